The molecule has 0 aromatic heterocycles. The maximum absolute atomic E-state index is 13.0. The van der Waals surface area contributed by atoms with Crippen molar-refractivity contribution in [2.24, 2.45) is 5.92 Å². The minimum Gasteiger partial charge on any atom is -0.399 e. The Balaban J connectivity index is 1.47. The van der Waals surface area contributed by atoms with Crippen LogP contribution in [0.2, 0.25) is 0 Å². The van der Waals surface area contributed by atoms with E-state index in [0.29, 0.717) is 0 Å². The van der Waals surface area contributed by atoms with E-state index in [1.165, 1.54) is 0 Å². The van der Waals surface area contributed by atoms with Gasteiger partial charge in [0.15, 0.2) is 5.78 Å². The van der Waals surface area contributed by atoms with Crippen molar-refractivity contribution in [3.63, 3.8) is 0 Å². The molecule has 146 valence electrons. The predicted octanol–water partition coefficient (Wildman–Crippen LogP) is 3.25. The Morgan fingerprint density at radius 1 is 1.00 bits per heavy atom. The molecule has 3 aliphatic rings. The standard InChI is InChI=1S/C21H29BO4S/c1-20(2)21(3,4)26-22(25-20)16-10-8-14(9-11-16)19(23)15-12-17-6-5-7-18(13-15)27(17)24/h8-11,15,17-18H,5-7,12-13H2,1-4H3. The van der Waals surface area contributed by atoms with Crippen molar-refractivity contribution in [2.45, 2.75) is 81.5 Å². The van der Waals surface area contributed by atoms with E-state index in [1.54, 1.807) is 0 Å². The fourth-order valence-electron chi connectivity index (χ4n) is 4.47. The number of rotatable bonds is 3. The fraction of sp³-hybridized carbons (Fsp3) is 0.667. The van der Waals surface area contributed by atoms with E-state index in [9.17, 15) is 9.00 Å². The van der Waals surface area contributed by atoms with Crippen LogP contribution in [0.25, 0.3) is 0 Å². The number of ketones is 1. The summed E-state index contributed by atoms with van der Waals surface area (Å²) in [6, 6.07) is 7.67. The smallest absolute Gasteiger partial charge is 0.399 e. The number of hydrogen-bond donors (Lipinski definition) is 0. The molecule has 27 heavy (non-hydrogen) atoms. The van der Waals surface area contributed by atoms with E-state index in [-0.39, 0.29) is 33.4 Å². The Morgan fingerprint density at radius 3 is 2.04 bits per heavy atom. The number of carbonyl (C=O) groups excluding carboxylic acids is 1. The lowest BCUT2D eigenvalue weighted by molar-refractivity contribution is 0.00578. The zero-order valence-electron chi connectivity index (χ0n) is 16.7. The quantitative estimate of drug-likeness (QED) is 0.589. The van der Waals surface area contributed by atoms with Crippen molar-refractivity contribution >= 4 is 29.2 Å². The van der Waals surface area contributed by atoms with Gasteiger partial charge in [-0.15, -0.1) is 0 Å². The van der Waals surface area contributed by atoms with Gasteiger partial charge in [-0.3, -0.25) is 9.00 Å². The van der Waals surface area contributed by atoms with Gasteiger partial charge in [0.05, 0.1) is 11.2 Å². The second-order valence-corrected chi connectivity index (χ2v) is 11.2. The topological polar surface area (TPSA) is 52.6 Å². The summed E-state index contributed by atoms with van der Waals surface area (Å²) in [5.74, 6) is 0.213. The second-order valence-electron chi connectivity index (χ2n) is 9.25. The van der Waals surface area contributed by atoms with E-state index >= 15 is 0 Å². The van der Waals surface area contributed by atoms with Crippen LogP contribution in [-0.4, -0.2) is 38.8 Å². The summed E-state index contributed by atoms with van der Waals surface area (Å²) < 4.78 is 24.6. The molecule has 6 heteroatoms. The van der Waals surface area contributed by atoms with Crippen LogP contribution in [0.1, 0.15) is 70.2 Å². The third-order valence-electron chi connectivity index (χ3n) is 6.90. The highest BCUT2D eigenvalue weighted by atomic mass is 32.2. The molecule has 0 amide bonds. The molecule has 3 heterocycles. The largest absolute Gasteiger partial charge is 0.494 e. The molecular formula is C21H29BO4S. The normalized spacial score (nSPS) is 34.4. The lowest BCUT2D eigenvalue weighted by Gasteiger charge is -2.37. The zero-order chi connectivity index (χ0) is 19.4. The molecule has 0 radical (unpaired) electrons. The number of hydrogen-bond acceptors (Lipinski definition) is 4. The minimum absolute atomic E-state index is 0.0145. The molecule has 2 bridgehead atoms. The molecule has 0 spiro atoms. The summed E-state index contributed by atoms with van der Waals surface area (Å²) in [4.78, 5) is 13.0. The lowest BCUT2D eigenvalue weighted by atomic mass is 9.78. The Morgan fingerprint density at radius 2 is 1.52 bits per heavy atom. The van der Waals surface area contributed by atoms with Gasteiger partial charge in [0.25, 0.3) is 0 Å². The molecule has 1 aromatic rings. The summed E-state index contributed by atoms with van der Waals surface area (Å²) in [5.41, 5.74) is 0.932. The highest BCUT2D eigenvalue weighted by molar-refractivity contribution is 7.86. The molecule has 0 N–H and O–H groups in total. The van der Waals surface area contributed by atoms with Crippen LogP contribution in [0.4, 0.5) is 0 Å². The summed E-state index contributed by atoms with van der Waals surface area (Å²) >= 11 is 0. The van der Waals surface area contributed by atoms with E-state index in [2.05, 4.69) is 0 Å². The van der Waals surface area contributed by atoms with Crippen molar-refractivity contribution in [1.29, 1.82) is 0 Å². The summed E-state index contributed by atoms with van der Waals surface area (Å²) in [5, 5.41) is 0.436. The van der Waals surface area contributed by atoms with Crippen molar-refractivity contribution in [2.75, 3.05) is 0 Å². The number of Topliss-reactive ketones (excluding diaryl/α,β-unsaturated/α-hetero) is 1. The van der Waals surface area contributed by atoms with Crippen molar-refractivity contribution in [3.05, 3.63) is 29.8 Å². The molecule has 4 nitrogen and oxygen atoms in total. The molecular weight excluding hydrogens is 359 g/mol. The maximum Gasteiger partial charge on any atom is 0.494 e. The first kappa shape index (κ1) is 19.3. The van der Waals surface area contributed by atoms with Gasteiger partial charge in [0, 0.05) is 32.8 Å². The predicted molar refractivity (Wildman–Crippen MR) is 109 cm³/mol. The Labute approximate surface area is 165 Å². The number of fused-ring (bicyclic) bond motifs is 2. The maximum atomic E-state index is 13.0. The van der Waals surface area contributed by atoms with Gasteiger partial charge in [-0.05, 0) is 58.8 Å². The van der Waals surface area contributed by atoms with E-state index in [4.69, 9.17) is 9.31 Å². The van der Waals surface area contributed by atoms with E-state index in [0.717, 1.165) is 43.1 Å². The minimum atomic E-state index is -0.735. The van der Waals surface area contributed by atoms with Crippen LogP contribution in [-0.2, 0) is 20.1 Å². The summed E-state index contributed by atoms with van der Waals surface area (Å²) in [6.07, 6.45) is 4.73. The monoisotopic (exact) mass is 388 g/mol. The van der Waals surface area contributed by atoms with Crippen LogP contribution in [0.15, 0.2) is 24.3 Å². The van der Waals surface area contributed by atoms with Crippen LogP contribution in [0.5, 0.6) is 0 Å². The average Bonchev–Trinajstić information content (AvgIpc) is 2.82. The van der Waals surface area contributed by atoms with Gasteiger partial charge >= 0.3 is 7.12 Å². The van der Waals surface area contributed by atoms with Crippen LogP contribution in [0.3, 0.4) is 0 Å². The second kappa shape index (κ2) is 6.82. The van der Waals surface area contributed by atoms with Crippen LogP contribution < -0.4 is 5.46 Å². The van der Waals surface area contributed by atoms with Crippen LogP contribution in [0, 0.1) is 5.92 Å². The first-order valence-corrected chi connectivity index (χ1v) is 11.3. The molecule has 2 atom stereocenters. The molecule has 1 aromatic carbocycles. The Bertz CT molecular complexity index is 726. The van der Waals surface area contributed by atoms with Gasteiger partial charge in [-0.2, -0.15) is 0 Å². The molecule has 0 aliphatic carbocycles. The highest BCUT2D eigenvalue weighted by Gasteiger charge is 2.51. The summed E-state index contributed by atoms with van der Waals surface area (Å²) in [6.45, 7) is 8.15. The van der Waals surface area contributed by atoms with Gasteiger partial charge in [-0.1, -0.05) is 30.7 Å². The Kier molecular flexibility index (Phi) is 4.89. The fourth-order valence-corrected chi connectivity index (χ4v) is 6.65. The van der Waals surface area contributed by atoms with E-state index < -0.39 is 17.9 Å². The SMILES string of the molecule is CC1(C)OB(c2ccc(C(=O)C3CC4CCCC(C3)S4=O)cc2)OC1(C)C. The average molecular weight is 388 g/mol. The molecule has 0 saturated carbocycles. The van der Waals surface area contributed by atoms with Gasteiger partial charge in [-0.25, -0.2) is 0 Å². The lowest BCUT2D eigenvalue weighted by Crippen LogP contribution is -2.41. The third kappa shape index (κ3) is 3.45. The molecule has 3 aliphatic heterocycles. The summed E-state index contributed by atoms with van der Waals surface area (Å²) in [7, 11) is -1.14. The Hall–Kier alpha value is -0.975. The van der Waals surface area contributed by atoms with Crippen molar-refractivity contribution in [1.82, 2.24) is 0 Å². The van der Waals surface area contributed by atoms with E-state index in [1.807, 2.05) is 52.0 Å². The third-order valence-corrected chi connectivity index (χ3v) is 9.07. The van der Waals surface area contributed by atoms with Crippen molar-refractivity contribution in [3.8, 4) is 0 Å². The first-order chi connectivity index (χ1) is 12.7. The molecule has 2 unspecified atom stereocenters. The van der Waals surface area contributed by atoms with Gasteiger partial charge < -0.3 is 9.31 Å². The van der Waals surface area contributed by atoms with Gasteiger partial charge in [0.2, 0.25) is 0 Å². The zero-order valence-corrected chi connectivity index (χ0v) is 17.5. The number of carbonyl (C=O) groups is 1. The molecule has 3 fully saturated rings. The molecule has 4 rings (SSSR count). The van der Waals surface area contributed by atoms with Crippen LogP contribution >= 0.6 is 0 Å². The highest BCUT2D eigenvalue weighted by Crippen LogP contribution is 2.39. The first-order valence-electron chi connectivity index (χ1n) is 10.1. The van der Waals surface area contributed by atoms with Gasteiger partial charge in [0.1, 0.15) is 0 Å². The number of benzene rings is 1. The molecule has 3 saturated heterocycles. The van der Waals surface area contributed by atoms with Crippen molar-refractivity contribution < 1.29 is 18.3 Å².